The Labute approximate surface area is 140 Å². The van der Waals surface area contributed by atoms with Crippen molar-refractivity contribution in [1.82, 2.24) is 15.0 Å². The van der Waals surface area contributed by atoms with Crippen molar-refractivity contribution in [2.24, 2.45) is 0 Å². The van der Waals surface area contributed by atoms with Gasteiger partial charge in [-0.2, -0.15) is 4.98 Å². The molecule has 1 aromatic heterocycles. The number of hydrogen-bond donors (Lipinski definition) is 0. The third-order valence-corrected chi connectivity index (χ3v) is 4.59. The zero-order valence-corrected chi connectivity index (χ0v) is 14.1. The second kappa shape index (κ2) is 7.09. The molecular weight excluding hydrogens is 308 g/mol. The Morgan fingerprint density at radius 2 is 2.25 bits per heavy atom. The van der Waals surface area contributed by atoms with Crippen molar-refractivity contribution in [2.45, 2.75) is 52.1 Å². The second-order valence-corrected chi connectivity index (χ2v) is 6.26. The van der Waals surface area contributed by atoms with Crippen LogP contribution in [0.1, 0.15) is 55.6 Å². The first-order chi connectivity index (χ1) is 11.6. The Morgan fingerprint density at radius 3 is 3.00 bits per heavy atom. The zero-order valence-electron chi connectivity index (χ0n) is 14.1. The molecule has 0 bridgehead atoms. The highest BCUT2D eigenvalue weighted by molar-refractivity contribution is 5.41. The van der Waals surface area contributed by atoms with Crippen LogP contribution in [0.25, 0.3) is 0 Å². The van der Waals surface area contributed by atoms with Gasteiger partial charge < -0.3 is 4.52 Å². The van der Waals surface area contributed by atoms with Gasteiger partial charge in [0.15, 0.2) is 5.82 Å². The van der Waals surface area contributed by atoms with Crippen LogP contribution in [0.4, 0.5) is 5.69 Å². The Morgan fingerprint density at radius 1 is 1.42 bits per heavy atom. The molecule has 128 valence electrons. The Kier molecular flexibility index (Phi) is 4.89. The van der Waals surface area contributed by atoms with Gasteiger partial charge in [0.05, 0.1) is 11.0 Å². The highest BCUT2D eigenvalue weighted by Crippen LogP contribution is 2.29. The Bertz CT molecular complexity index is 728. The van der Waals surface area contributed by atoms with Gasteiger partial charge in [-0.3, -0.25) is 15.0 Å². The number of nitrogens with zero attached hydrogens (tertiary/aromatic N) is 4. The molecule has 1 aliphatic heterocycles. The summed E-state index contributed by atoms with van der Waals surface area (Å²) < 4.78 is 5.42. The van der Waals surface area contributed by atoms with Crippen LogP contribution in [0.2, 0.25) is 0 Å². The van der Waals surface area contributed by atoms with E-state index in [1.54, 1.807) is 12.1 Å². The van der Waals surface area contributed by atoms with Crippen LogP contribution in [-0.4, -0.2) is 26.5 Å². The van der Waals surface area contributed by atoms with Gasteiger partial charge in [-0.05, 0) is 30.9 Å². The van der Waals surface area contributed by atoms with Crippen molar-refractivity contribution in [3.05, 3.63) is 51.2 Å². The molecule has 0 fully saturated rings. The van der Waals surface area contributed by atoms with E-state index in [1.807, 2.05) is 13.0 Å². The predicted octanol–water partition coefficient (Wildman–Crippen LogP) is 3.44. The van der Waals surface area contributed by atoms with Crippen molar-refractivity contribution >= 4 is 5.69 Å². The summed E-state index contributed by atoms with van der Waals surface area (Å²) in [6.07, 6.45) is 3.85. The van der Waals surface area contributed by atoms with Gasteiger partial charge in [-0.25, -0.2) is 0 Å². The maximum Gasteiger partial charge on any atom is 0.269 e. The Hall–Kier alpha value is -2.28. The van der Waals surface area contributed by atoms with Crippen LogP contribution < -0.4 is 0 Å². The predicted molar refractivity (Wildman–Crippen MR) is 88.5 cm³/mol. The molecule has 24 heavy (non-hydrogen) atoms. The van der Waals surface area contributed by atoms with Crippen molar-refractivity contribution < 1.29 is 9.45 Å². The van der Waals surface area contributed by atoms with E-state index < -0.39 is 0 Å². The molecule has 1 aromatic carbocycles. The summed E-state index contributed by atoms with van der Waals surface area (Å²) in [4.78, 5) is 17.3. The lowest BCUT2D eigenvalue weighted by atomic mass is 9.98. The van der Waals surface area contributed by atoms with Crippen LogP contribution in [0.3, 0.4) is 0 Å². The molecule has 0 saturated heterocycles. The Balaban J connectivity index is 1.73. The van der Waals surface area contributed by atoms with Gasteiger partial charge in [-0.15, -0.1) is 0 Å². The number of fused-ring (bicyclic) bond motifs is 1. The summed E-state index contributed by atoms with van der Waals surface area (Å²) in [5, 5.41) is 15.0. The first kappa shape index (κ1) is 16.6. The lowest BCUT2D eigenvalue weighted by molar-refractivity contribution is -0.385. The van der Waals surface area contributed by atoms with Gasteiger partial charge in [0, 0.05) is 31.6 Å². The number of non-ortho nitro benzene ring substituents is 1. The normalized spacial score (nSPS) is 15.9. The average molecular weight is 330 g/mol. The maximum absolute atomic E-state index is 11.0. The van der Waals surface area contributed by atoms with Crippen molar-refractivity contribution in [2.75, 3.05) is 6.54 Å². The topological polar surface area (TPSA) is 85.3 Å². The van der Waals surface area contributed by atoms with Gasteiger partial charge in [0.2, 0.25) is 5.89 Å². The van der Waals surface area contributed by atoms with Gasteiger partial charge in [0.1, 0.15) is 0 Å². The zero-order chi connectivity index (χ0) is 17.1. The minimum absolute atomic E-state index is 0.000267. The molecule has 1 unspecified atom stereocenters. The summed E-state index contributed by atoms with van der Waals surface area (Å²) in [7, 11) is 0. The van der Waals surface area contributed by atoms with Gasteiger partial charge in [-0.1, -0.05) is 24.6 Å². The molecule has 7 heteroatoms. The van der Waals surface area contributed by atoms with Crippen LogP contribution in [0, 0.1) is 10.1 Å². The number of unbranched alkanes of at least 4 members (excludes halogenated alkanes) is 1. The standard InChI is InChI=1S/C17H22N4O3/c1-3-4-5-16-18-17(24-19-16)12(2)20-9-8-13-6-7-15(21(22)23)10-14(13)11-20/h6-7,10,12H,3-5,8-9,11H2,1-2H3. The minimum Gasteiger partial charge on any atom is -0.338 e. The molecule has 7 nitrogen and oxygen atoms in total. The highest BCUT2D eigenvalue weighted by Gasteiger charge is 2.26. The number of hydrogen-bond acceptors (Lipinski definition) is 6. The van der Waals surface area contributed by atoms with E-state index in [4.69, 9.17) is 4.52 Å². The van der Waals surface area contributed by atoms with E-state index >= 15 is 0 Å². The van der Waals surface area contributed by atoms with Crippen LogP contribution in [-0.2, 0) is 19.4 Å². The largest absolute Gasteiger partial charge is 0.338 e. The van der Waals surface area contributed by atoms with Crippen LogP contribution in [0.15, 0.2) is 22.7 Å². The molecule has 2 heterocycles. The molecule has 0 amide bonds. The molecule has 3 rings (SSSR count). The first-order valence-electron chi connectivity index (χ1n) is 8.41. The summed E-state index contributed by atoms with van der Waals surface area (Å²) in [6, 6.07) is 5.12. The number of aryl methyl sites for hydroxylation is 1. The van der Waals surface area contributed by atoms with Crippen LogP contribution >= 0.6 is 0 Å². The number of nitro benzene ring substituents is 1. The number of nitro groups is 1. The lowest BCUT2D eigenvalue weighted by Crippen LogP contribution is -2.33. The van der Waals surface area contributed by atoms with E-state index in [2.05, 4.69) is 22.0 Å². The van der Waals surface area contributed by atoms with E-state index in [0.29, 0.717) is 12.4 Å². The third kappa shape index (κ3) is 3.46. The number of rotatable bonds is 6. The van der Waals surface area contributed by atoms with E-state index in [-0.39, 0.29) is 16.7 Å². The summed E-state index contributed by atoms with van der Waals surface area (Å²) in [6.45, 7) is 5.71. The molecular formula is C17H22N4O3. The first-order valence-corrected chi connectivity index (χ1v) is 8.41. The van der Waals surface area contributed by atoms with Gasteiger partial charge >= 0.3 is 0 Å². The number of aromatic nitrogens is 2. The summed E-state index contributed by atoms with van der Waals surface area (Å²) in [5.41, 5.74) is 2.33. The van der Waals surface area contributed by atoms with Gasteiger partial charge in [0.25, 0.3) is 5.69 Å². The van der Waals surface area contributed by atoms with Crippen LogP contribution in [0.5, 0.6) is 0 Å². The smallest absolute Gasteiger partial charge is 0.269 e. The average Bonchev–Trinajstić information content (AvgIpc) is 3.07. The molecule has 0 spiro atoms. The van der Waals surface area contributed by atoms with Crippen molar-refractivity contribution in [1.29, 1.82) is 0 Å². The fourth-order valence-electron chi connectivity index (χ4n) is 3.04. The lowest BCUT2D eigenvalue weighted by Gasteiger charge is -2.31. The SMILES string of the molecule is CCCCc1noc(C(C)N2CCc3ccc([N+](=O)[O-])cc3C2)n1. The molecule has 0 aliphatic carbocycles. The molecule has 1 aliphatic rings. The van der Waals surface area contributed by atoms with Crippen molar-refractivity contribution in [3.63, 3.8) is 0 Å². The summed E-state index contributed by atoms with van der Waals surface area (Å²) in [5.74, 6) is 1.38. The van der Waals surface area contributed by atoms with E-state index in [1.165, 1.54) is 5.56 Å². The summed E-state index contributed by atoms with van der Waals surface area (Å²) >= 11 is 0. The molecule has 0 saturated carbocycles. The van der Waals surface area contributed by atoms with Crippen molar-refractivity contribution in [3.8, 4) is 0 Å². The second-order valence-electron chi connectivity index (χ2n) is 6.26. The third-order valence-electron chi connectivity index (χ3n) is 4.59. The quantitative estimate of drug-likeness (QED) is 0.596. The fourth-order valence-corrected chi connectivity index (χ4v) is 3.04. The van der Waals surface area contributed by atoms with E-state index in [9.17, 15) is 10.1 Å². The highest BCUT2D eigenvalue weighted by atomic mass is 16.6. The molecule has 0 N–H and O–H groups in total. The molecule has 0 radical (unpaired) electrons. The minimum atomic E-state index is -0.347. The molecule has 2 aromatic rings. The molecule has 1 atom stereocenters. The monoisotopic (exact) mass is 330 g/mol. The maximum atomic E-state index is 11.0. The van der Waals surface area contributed by atoms with E-state index in [0.717, 1.165) is 43.6 Å². The fraction of sp³-hybridized carbons (Fsp3) is 0.529. The number of benzene rings is 1.